The molecule has 1 aromatic heterocycles. The molecule has 2 aromatic carbocycles. The van der Waals surface area contributed by atoms with Gasteiger partial charge in [0.05, 0.1) is 18.0 Å². The van der Waals surface area contributed by atoms with Crippen molar-refractivity contribution < 1.29 is 14.3 Å². The number of methoxy groups -OCH3 is 1. The number of rotatable bonds is 4. The van der Waals surface area contributed by atoms with Gasteiger partial charge in [0.25, 0.3) is 0 Å². The maximum atomic E-state index is 12.6. The van der Waals surface area contributed by atoms with Crippen LogP contribution in [0, 0.1) is 0 Å². The molecule has 3 aromatic rings. The number of fused-ring (bicyclic) bond motifs is 1. The number of carbonyl (C=O) groups excluding carboxylic acids is 1. The van der Waals surface area contributed by atoms with Crippen LogP contribution in [0.15, 0.2) is 46.2 Å². The predicted octanol–water partition coefficient (Wildman–Crippen LogP) is 5.67. The Bertz CT molecular complexity index is 1030. The number of nitrogens with zero attached hydrogens (tertiary/aromatic N) is 2. The average molecular weight is 420 g/mol. The average Bonchev–Trinajstić information content (AvgIpc) is 2.98. The van der Waals surface area contributed by atoms with Crippen LogP contribution in [-0.2, 0) is 4.74 Å². The molecule has 1 heterocycles. The summed E-state index contributed by atoms with van der Waals surface area (Å²) in [7, 11) is 3.47. The molecule has 148 valence electrons. The van der Waals surface area contributed by atoms with Crippen molar-refractivity contribution in [3.05, 3.63) is 41.6 Å². The van der Waals surface area contributed by atoms with Crippen LogP contribution < -0.4 is 10.1 Å². The van der Waals surface area contributed by atoms with Gasteiger partial charge in [-0.2, -0.15) is 4.68 Å². The second-order valence-electron chi connectivity index (χ2n) is 7.05. The van der Waals surface area contributed by atoms with Crippen molar-refractivity contribution in [2.45, 2.75) is 36.2 Å². The molecular formula is C20H22ClN3O3S. The second kappa shape index (κ2) is 7.93. The van der Waals surface area contributed by atoms with Crippen molar-refractivity contribution in [2.24, 2.45) is 0 Å². The molecule has 0 fully saturated rings. The maximum absolute atomic E-state index is 12.6. The molecule has 0 saturated carbocycles. The topological polar surface area (TPSA) is 65.4 Å². The zero-order valence-corrected chi connectivity index (χ0v) is 17.9. The minimum Gasteiger partial charge on any atom is -0.497 e. The van der Waals surface area contributed by atoms with E-state index in [9.17, 15) is 4.79 Å². The van der Waals surface area contributed by atoms with E-state index in [4.69, 9.17) is 21.1 Å². The van der Waals surface area contributed by atoms with E-state index in [0.29, 0.717) is 10.9 Å². The number of hydrogen-bond acceptors (Lipinski definition) is 6. The number of hydrogen-bond donors (Lipinski definition) is 1. The first-order chi connectivity index (χ1) is 13.2. The maximum Gasteiger partial charge on any atom is 0.435 e. The van der Waals surface area contributed by atoms with Gasteiger partial charge in [-0.25, -0.2) is 4.79 Å². The summed E-state index contributed by atoms with van der Waals surface area (Å²) in [5.41, 5.74) is 0.833. The van der Waals surface area contributed by atoms with E-state index in [-0.39, 0.29) is 5.15 Å². The lowest BCUT2D eigenvalue weighted by Gasteiger charge is -2.19. The van der Waals surface area contributed by atoms with Crippen molar-refractivity contribution in [3.8, 4) is 5.75 Å². The van der Waals surface area contributed by atoms with Gasteiger partial charge in [0.2, 0.25) is 0 Å². The van der Waals surface area contributed by atoms with Gasteiger partial charge < -0.3 is 14.8 Å². The standard InChI is InChI=1S/C20H22ClN3O3S/c1-20(2,3)27-19(25)24-15-10-9-14(22-4)17(16(15)18(21)23-24)28-13-8-6-7-12(11-13)26-5/h6-11,22H,1-5H3. The van der Waals surface area contributed by atoms with E-state index >= 15 is 0 Å². The lowest BCUT2D eigenvalue weighted by molar-refractivity contribution is 0.0523. The van der Waals surface area contributed by atoms with Crippen LogP contribution in [0.2, 0.25) is 5.15 Å². The highest BCUT2D eigenvalue weighted by Crippen LogP contribution is 2.42. The van der Waals surface area contributed by atoms with Crippen LogP contribution in [0.5, 0.6) is 5.75 Å². The fourth-order valence-electron chi connectivity index (χ4n) is 2.67. The number of aromatic nitrogens is 2. The summed E-state index contributed by atoms with van der Waals surface area (Å²) in [6, 6.07) is 11.4. The van der Waals surface area contributed by atoms with Gasteiger partial charge >= 0.3 is 6.09 Å². The van der Waals surface area contributed by atoms with Gasteiger partial charge in [-0.15, -0.1) is 5.10 Å². The molecular weight excluding hydrogens is 398 g/mol. The lowest BCUT2D eigenvalue weighted by atomic mass is 10.2. The van der Waals surface area contributed by atoms with E-state index in [1.54, 1.807) is 33.9 Å². The molecule has 0 atom stereocenters. The van der Waals surface area contributed by atoms with Crippen LogP contribution in [0.1, 0.15) is 20.8 Å². The van der Waals surface area contributed by atoms with E-state index < -0.39 is 11.7 Å². The lowest BCUT2D eigenvalue weighted by Crippen LogP contribution is -2.27. The summed E-state index contributed by atoms with van der Waals surface area (Å²) in [5, 5.41) is 8.33. The first-order valence-corrected chi connectivity index (χ1v) is 9.87. The highest BCUT2D eigenvalue weighted by Gasteiger charge is 2.24. The van der Waals surface area contributed by atoms with E-state index in [1.165, 1.54) is 16.4 Å². The Balaban J connectivity index is 2.12. The molecule has 28 heavy (non-hydrogen) atoms. The van der Waals surface area contributed by atoms with Crippen LogP contribution in [0.3, 0.4) is 0 Å². The number of nitrogens with one attached hydrogen (secondary N) is 1. The molecule has 3 rings (SSSR count). The summed E-state index contributed by atoms with van der Waals surface area (Å²) in [6.07, 6.45) is -0.570. The summed E-state index contributed by atoms with van der Waals surface area (Å²) in [5.74, 6) is 0.763. The molecule has 0 aliphatic rings. The minimum atomic E-state index is -0.634. The number of carbonyl (C=O) groups is 1. The van der Waals surface area contributed by atoms with Gasteiger partial charge in [0.15, 0.2) is 5.15 Å². The van der Waals surface area contributed by atoms with Crippen LogP contribution in [0.4, 0.5) is 10.5 Å². The molecule has 0 aliphatic carbocycles. The molecule has 6 nitrogen and oxygen atoms in total. The zero-order chi connectivity index (χ0) is 20.5. The number of ether oxygens (including phenoxy) is 2. The van der Waals surface area contributed by atoms with Crippen molar-refractivity contribution >= 4 is 46.0 Å². The van der Waals surface area contributed by atoms with Crippen LogP contribution in [0.25, 0.3) is 10.9 Å². The van der Waals surface area contributed by atoms with Crippen molar-refractivity contribution in [1.82, 2.24) is 9.78 Å². The molecule has 0 saturated heterocycles. The SMILES string of the molecule is CNc1ccc2c(c(Cl)nn2C(=O)OC(C)(C)C)c1Sc1cccc(OC)c1. The first-order valence-electron chi connectivity index (χ1n) is 8.67. The summed E-state index contributed by atoms with van der Waals surface area (Å²) in [4.78, 5) is 14.4. The molecule has 0 radical (unpaired) electrons. The fraction of sp³-hybridized carbons (Fsp3) is 0.300. The molecule has 1 N–H and O–H groups in total. The zero-order valence-electron chi connectivity index (χ0n) is 16.4. The molecule has 0 unspecified atom stereocenters. The third-order valence-corrected chi connectivity index (χ3v) is 5.24. The highest BCUT2D eigenvalue weighted by molar-refractivity contribution is 7.99. The monoisotopic (exact) mass is 419 g/mol. The Labute approximate surface area is 173 Å². The fourth-order valence-corrected chi connectivity index (χ4v) is 4.13. The summed E-state index contributed by atoms with van der Waals surface area (Å²) >= 11 is 7.96. The van der Waals surface area contributed by atoms with Gasteiger partial charge in [-0.1, -0.05) is 29.4 Å². The Hall–Kier alpha value is -2.38. The molecule has 0 aliphatic heterocycles. The second-order valence-corrected chi connectivity index (χ2v) is 8.49. The van der Waals surface area contributed by atoms with Gasteiger partial charge in [-0.05, 0) is 51.1 Å². The predicted molar refractivity (Wildman–Crippen MR) is 113 cm³/mol. The Morgan fingerprint density at radius 3 is 2.64 bits per heavy atom. The highest BCUT2D eigenvalue weighted by atomic mass is 35.5. The molecule has 0 bridgehead atoms. The quantitative estimate of drug-likeness (QED) is 0.587. The van der Waals surface area contributed by atoms with Crippen molar-refractivity contribution in [3.63, 3.8) is 0 Å². The third kappa shape index (κ3) is 4.20. The number of benzene rings is 2. The summed E-state index contributed by atoms with van der Waals surface area (Å²) in [6.45, 7) is 5.42. The Morgan fingerprint density at radius 1 is 1.25 bits per heavy atom. The van der Waals surface area contributed by atoms with E-state index in [1.807, 2.05) is 37.4 Å². The Kier molecular flexibility index (Phi) is 5.76. The van der Waals surface area contributed by atoms with E-state index in [0.717, 1.165) is 21.2 Å². The first kappa shape index (κ1) is 20.4. The van der Waals surface area contributed by atoms with Gasteiger partial charge in [-0.3, -0.25) is 0 Å². The minimum absolute atomic E-state index is 0.239. The summed E-state index contributed by atoms with van der Waals surface area (Å²) < 4.78 is 12.0. The molecule has 0 amide bonds. The molecule has 8 heteroatoms. The third-order valence-electron chi connectivity index (χ3n) is 3.85. The van der Waals surface area contributed by atoms with Crippen LogP contribution >= 0.6 is 23.4 Å². The van der Waals surface area contributed by atoms with Gasteiger partial charge in [0, 0.05) is 22.5 Å². The van der Waals surface area contributed by atoms with Crippen molar-refractivity contribution in [2.75, 3.05) is 19.5 Å². The Morgan fingerprint density at radius 2 is 2.00 bits per heavy atom. The normalized spacial score (nSPS) is 11.5. The number of halogens is 1. The number of anilines is 1. The smallest absolute Gasteiger partial charge is 0.435 e. The van der Waals surface area contributed by atoms with E-state index in [2.05, 4.69) is 10.4 Å². The largest absolute Gasteiger partial charge is 0.497 e. The van der Waals surface area contributed by atoms with Crippen molar-refractivity contribution in [1.29, 1.82) is 0 Å². The molecule has 0 spiro atoms. The van der Waals surface area contributed by atoms with Crippen LogP contribution in [-0.4, -0.2) is 35.6 Å². The van der Waals surface area contributed by atoms with Gasteiger partial charge in [0.1, 0.15) is 11.4 Å².